The zero-order valence-electron chi connectivity index (χ0n) is 11.3. The first-order chi connectivity index (χ1) is 9.78. The van der Waals surface area contributed by atoms with E-state index in [9.17, 15) is 4.79 Å². The van der Waals surface area contributed by atoms with Gasteiger partial charge in [0.25, 0.3) is 0 Å². The number of ether oxygens (including phenoxy) is 2. The van der Waals surface area contributed by atoms with Crippen LogP contribution in [0.5, 0.6) is 5.75 Å². The van der Waals surface area contributed by atoms with Gasteiger partial charge in [0.1, 0.15) is 12.4 Å². The van der Waals surface area contributed by atoms with Crippen molar-refractivity contribution in [1.29, 1.82) is 0 Å². The predicted octanol–water partition coefficient (Wildman–Crippen LogP) is 0.457. The number of hydrogen-bond donors (Lipinski definition) is 1. The summed E-state index contributed by atoms with van der Waals surface area (Å²) in [6.45, 7) is 1.92. The van der Waals surface area contributed by atoms with E-state index in [1.54, 1.807) is 4.90 Å². The van der Waals surface area contributed by atoms with E-state index in [4.69, 9.17) is 14.6 Å². The number of benzene rings is 1. The van der Waals surface area contributed by atoms with Crippen LogP contribution < -0.4 is 4.74 Å². The molecule has 1 amide bonds. The zero-order valence-corrected chi connectivity index (χ0v) is 11.3. The number of para-hydroxylation sites is 1. The van der Waals surface area contributed by atoms with Crippen molar-refractivity contribution in [2.45, 2.75) is 12.5 Å². The minimum absolute atomic E-state index is 0.0478. The van der Waals surface area contributed by atoms with E-state index in [-0.39, 0.29) is 24.5 Å². The average molecular weight is 277 g/mol. The van der Waals surface area contributed by atoms with Crippen LogP contribution in [0.1, 0.15) is 5.56 Å². The van der Waals surface area contributed by atoms with E-state index in [0.717, 1.165) is 17.7 Å². The molecule has 108 valence electrons. The summed E-state index contributed by atoms with van der Waals surface area (Å²) in [6.07, 6.45) is 0.459. The van der Waals surface area contributed by atoms with Gasteiger partial charge in [-0.3, -0.25) is 4.79 Å². The Morgan fingerprint density at radius 3 is 3.10 bits per heavy atom. The van der Waals surface area contributed by atoms with Gasteiger partial charge in [0, 0.05) is 13.1 Å². The molecule has 2 atom stereocenters. The maximum Gasteiger partial charge on any atom is 0.229 e. The van der Waals surface area contributed by atoms with Crippen molar-refractivity contribution in [2.75, 3.05) is 32.9 Å². The number of morpholine rings is 1. The fourth-order valence-electron chi connectivity index (χ4n) is 2.77. The highest BCUT2D eigenvalue weighted by molar-refractivity contribution is 5.80. The summed E-state index contributed by atoms with van der Waals surface area (Å²) in [7, 11) is 0. The number of carbonyl (C=O) groups is 1. The van der Waals surface area contributed by atoms with Gasteiger partial charge in [-0.2, -0.15) is 0 Å². The van der Waals surface area contributed by atoms with Crippen LogP contribution in [0.4, 0.5) is 0 Å². The summed E-state index contributed by atoms with van der Waals surface area (Å²) >= 11 is 0. The smallest absolute Gasteiger partial charge is 0.229 e. The molecule has 2 aliphatic heterocycles. The van der Waals surface area contributed by atoms with E-state index in [1.165, 1.54) is 0 Å². The zero-order chi connectivity index (χ0) is 13.9. The Morgan fingerprint density at radius 2 is 2.25 bits per heavy atom. The predicted molar refractivity (Wildman–Crippen MR) is 72.5 cm³/mol. The van der Waals surface area contributed by atoms with E-state index in [0.29, 0.717) is 26.3 Å². The molecule has 20 heavy (non-hydrogen) atoms. The number of nitrogens with zero attached hydrogens (tertiary/aromatic N) is 1. The molecule has 1 saturated heterocycles. The Balaban J connectivity index is 1.67. The number of amides is 1. The lowest BCUT2D eigenvalue weighted by Gasteiger charge is -2.35. The second-order valence-corrected chi connectivity index (χ2v) is 5.28. The molecule has 2 unspecified atom stereocenters. The molecular formula is C15H19NO4. The summed E-state index contributed by atoms with van der Waals surface area (Å²) in [6, 6.07) is 7.84. The van der Waals surface area contributed by atoms with Gasteiger partial charge >= 0.3 is 0 Å². The molecule has 1 N–H and O–H groups in total. The first kappa shape index (κ1) is 13.4. The Kier molecular flexibility index (Phi) is 3.89. The molecule has 2 aliphatic rings. The van der Waals surface area contributed by atoms with Crippen LogP contribution in [0, 0.1) is 5.92 Å². The van der Waals surface area contributed by atoms with Crippen molar-refractivity contribution in [1.82, 2.24) is 4.90 Å². The third kappa shape index (κ3) is 2.64. The molecule has 0 aliphatic carbocycles. The molecule has 0 spiro atoms. The van der Waals surface area contributed by atoms with Crippen molar-refractivity contribution in [3.05, 3.63) is 29.8 Å². The molecule has 2 heterocycles. The summed E-state index contributed by atoms with van der Waals surface area (Å²) in [4.78, 5) is 14.3. The summed E-state index contributed by atoms with van der Waals surface area (Å²) in [5.74, 6) is 0.843. The Hall–Kier alpha value is -1.59. The fraction of sp³-hybridized carbons (Fsp3) is 0.533. The molecule has 1 aromatic carbocycles. The first-order valence-corrected chi connectivity index (χ1v) is 7.00. The van der Waals surface area contributed by atoms with Gasteiger partial charge in [0.05, 0.1) is 25.2 Å². The highest BCUT2D eigenvalue weighted by Crippen LogP contribution is 2.28. The molecule has 5 nitrogen and oxygen atoms in total. The fourth-order valence-corrected chi connectivity index (χ4v) is 2.77. The minimum Gasteiger partial charge on any atom is -0.492 e. The number of aliphatic hydroxyl groups is 1. The van der Waals surface area contributed by atoms with Crippen LogP contribution in [-0.2, 0) is 16.0 Å². The van der Waals surface area contributed by atoms with Crippen LogP contribution in [0.3, 0.4) is 0 Å². The minimum atomic E-state index is -0.260. The number of fused-ring (bicyclic) bond motifs is 1. The van der Waals surface area contributed by atoms with Gasteiger partial charge in [-0.1, -0.05) is 18.2 Å². The van der Waals surface area contributed by atoms with Gasteiger partial charge in [-0.05, 0) is 18.1 Å². The van der Waals surface area contributed by atoms with Crippen molar-refractivity contribution in [3.8, 4) is 5.75 Å². The van der Waals surface area contributed by atoms with Gasteiger partial charge in [-0.15, -0.1) is 0 Å². The van der Waals surface area contributed by atoms with E-state index >= 15 is 0 Å². The molecule has 0 aromatic heterocycles. The van der Waals surface area contributed by atoms with Crippen LogP contribution in [-0.4, -0.2) is 54.9 Å². The van der Waals surface area contributed by atoms with Crippen molar-refractivity contribution >= 4 is 5.91 Å². The van der Waals surface area contributed by atoms with Gasteiger partial charge in [0.15, 0.2) is 0 Å². The quantitative estimate of drug-likeness (QED) is 0.853. The molecule has 3 rings (SSSR count). The van der Waals surface area contributed by atoms with Crippen LogP contribution >= 0.6 is 0 Å². The molecule has 1 aromatic rings. The lowest BCUT2D eigenvalue weighted by molar-refractivity contribution is -0.145. The van der Waals surface area contributed by atoms with Gasteiger partial charge < -0.3 is 19.5 Å². The summed E-state index contributed by atoms with van der Waals surface area (Å²) < 4.78 is 11.0. The third-order valence-corrected chi connectivity index (χ3v) is 3.88. The second kappa shape index (κ2) is 5.81. The van der Waals surface area contributed by atoms with Gasteiger partial charge in [-0.25, -0.2) is 0 Å². The molecule has 0 bridgehead atoms. The largest absolute Gasteiger partial charge is 0.492 e. The molecule has 0 saturated carbocycles. The Morgan fingerprint density at radius 1 is 1.40 bits per heavy atom. The van der Waals surface area contributed by atoms with Crippen LogP contribution in [0.15, 0.2) is 24.3 Å². The van der Waals surface area contributed by atoms with E-state index in [2.05, 4.69) is 0 Å². The molecule has 0 radical (unpaired) electrons. The normalized spacial score (nSPS) is 25.8. The van der Waals surface area contributed by atoms with E-state index in [1.807, 2.05) is 24.3 Å². The standard InChI is InChI=1S/C15H19NO4/c17-9-13-8-16(5-6-19-13)15(18)12-7-11-3-1-2-4-14(11)20-10-12/h1-4,12-13,17H,5-10H2. The number of hydrogen-bond acceptors (Lipinski definition) is 4. The lowest BCUT2D eigenvalue weighted by Crippen LogP contribution is -2.50. The maximum absolute atomic E-state index is 12.5. The lowest BCUT2D eigenvalue weighted by atomic mass is 9.95. The maximum atomic E-state index is 12.5. The topological polar surface area (TPSA) is 59.0 Å². The Bertz CT molecular complexity index is 491. The van der Waals surface area contributed by atoms with E-state index < -0.39 is 0 Å². The average Bonchev–Trinajstić information content (AvgIpc) is 2.53. The summed E-state index contributed by atoms with van der Waals surface area (Å²) in [5.41, 5.74) is 1.09. The van der Waals surface area contributed by atoms with Crippen LogP contribution in [0.2, 0.25) is 0 Å². The molecular weight excluding hydrogens is 258 g/mol. The number of rotatable bonds is 2. The number of carbonyl (C=O) groups excluding carboxylic acids is 1. The van der Waals surface area contributed by atoms with Crippen molar-refractivity contribution in [2.24, 2.45) is 5.92 Å². The Labute approximate surface area is 118 Å². The number of aliphatic hydroxyl groups excluding tert-OH is 1. The molecule has 5 heteroatoms. The van der Waals surface area contributed by atoms with Crippen molar-refractivity contribution in [3.63, 3.8) is 0 Å². The highest BCUT2D eigenvalue weighted by atomic mass is 16.5. The van der Waals surface area contributed by atoms with Crippen molar-refractivity contribution < 1.29 is 19.4 Å². The summed E-state index contributed by atoms with van der Waals surface area (Å²) in [5, 5.41) is 9.14. The first-order valence-electron chi connectivity index (χ1n) is 7.00. The van der Waals surface area contributed by atoms with Crippen LogP contribution in [0.25, 0.3) is 0 Å². The monoisotopic (exact) mass is 277 g/mol. The van der Waals surface area contributed by atoms with Gasteiger partial charge in [0.2, 0.25) is 5.91 Å². The highest BCUT2D eigenvalue weighted by Gasteiger charge is 2.32. The second-order valence-electron chi connectivity index (χ2n) is 5.28. The SMILES string of the molecule is O=C(C1COc2ccccc2C1)N1CCOC(CO)C1. The third-order valence-electron chi connectivity index (χ3n) is 3.88. The molecule has 1 fully saturated rings.